The van der Waals surface area contributed by atoms with E-state index in [1.807, 2.05) is 48.9 Å². The molecular formula is C17H15BrN4O. The van der Waals surface area contributed by atoms with Crippen LogP contribution >= 0.6 is 15.9 Å². The Morgan fingerprint density at radius 3 is 2.61 bits per heavy atom. The summed E-state index contributed by atoms with van der Waals surface area (Å²) in [7, 11) is 0. The molecule has 116 valence electrons. The smallest absolute Gasteiger partial charge is 0.257 e. The lowest BCUT2D eigenvalue weighted by atomic mass is 10.2. The van der Waals surface area contributed by atoms with Gasteiger partial charge in [0.25, 0.3) is 5.91 Å². The molecule has 0 spiro atoms. The van der Waals surface area contributed by atoms with E-state index in [1.165, 1.54) is 6.20 Å². The molecule has 0 aliphatic heterocycles. The predicted octanol–water partition coefficient (Wildman–Crippen LogP) is 3.90. The summed E-state index contributed by atoms with van der Waals surface area (Å²) < 4.78 is 2.59. The van der Waals surface area contributed by atoms with Crippen LogP contribution in [0.25, 0.3) is 5.69 Å². The van der Waals surface area contributed by atoms with Crippen LogP contribution in [0, 0.1) is 13.8 Å². The zero-order valence-electron chi connectivity index (χ0n) is 12.7. The van der Waals surface area contributed by atoms with Crippen molar-refractivity contribution in [2.45, 2.75) is 13.8 Å². The molecule has 3 aromatic rings. The number of halogens is 1. The maximum Gasteiger partial charge on any atom is 0.257 e. The summed E-state index contributed by atoms with van der Waals surface area (Å²) in [5.74, 6) is -0.211. The minimum absolute atomic E-state index is 0.211. The third kappa shape index (κ3) is 3.17. The third-order valence-corrected chi connectivity index (χ3v) is 3.93. The zero-order chi connectivity index (χ0) is 16.4. The van der Waals surface area contributed by atoms with E-state index in [-0.39, 0.29) is 5.91 Å². The van der Waals surface area contributed by atoms with E-state index >= 15 is 0 Å². The highest BCUT2D eigenvalue weighted by Gasteiger charge is 2.16. The van der Waals surface area contributed by atoms with Crippen LogP contribution in [0.3, 0.4) is 0 Å². The molecule has 1 N–H and O–H groups in total. The molecule has 0 bridgehead atoms. The Kier molecular flexibility index (Phi) is 4.25. The molecule has 2 heterocycles. The first-order valence-electron chi connectivity index (χ1n) is 7.10. The second kappa shape index (κ2) is 6.34. The Labute approximate surface area is 142 Å². The minimum Gasteiger partial charge on any atom is -0.319 e. The summed E-state index contributed by atoms with van der Waals surface area (Å²) in [5, 5.41) is 7.45. The first-order chi connectivity index (χ1) is 11.1. The van der Waals surface area contributed by atoms with Gasteiger partial charge in [0.05, 0.1) is 28.3 Å². The Morgan fingerprint density at radius 2 is 1.91 bits per heavy atom. The molecule has 1 aromatic carbocycles. The topological polar surface area (TPSA) is 59.8 Å². The number of aryl methyl sites for hydroxylation is 1. The van der Waals surface area contributed by atoms with Crippen LogP contribution in [0.1, 0.15) is 21.7 Å². The number of carbonyl (C=O) groups excluding carboxylic acids is 1. The van der Waals surface area contributed by atoms with Crippen molar-refractivity contribution in [3.05, 3.63) is 70.2 Å². The van der Waals surface area contributed by atoms with E-state index in [0.29, 0.717) is 5.56 Å². The minimum atomic E-state index is -0.211. The van der Waals surface area contributed by atoms with Crippen molar-refractivity contribution in [3.63, 3.8) is 0 Å². The summed E-state index contributed by atoms with van der Waals surface area (Å²) in [6.45, 7) is 3.81. The molecule has 23 heavy (non-hydrogen) atoms. The number of rotatable bonds is 3. The molecule has 0 fully saturated rings. The number of nitrogens with zero attached hydrogens (tertiary/aromatic N) is 3. The number of amides is 1. The van der Waals surface area contributed by atoms with E-state index in [1.54, 1.807) is 12.3 Å². The molecule has 0 atom stereocenters. The van der Waals surface area contributed by atoms with Crippen molar-refractivity contribution in [3.8, 4) is 5.69 Å². The highest BCUT2D eigenvalue weighted by atomic mass is 79.9. The molecule has 2 aromatic heterocycles. The number of aromatic nitrogens is 3. The van der Waals surface area contributed by atoms with Gasteiger partial charge in [-0.2, -0.15) is 5.10 Å². The summed E-state index contributed by atoms with van der Waals surface area (Å²) >= 11 is 3.32. The molecule has 5 nitrogen and oxygen atoms in total. The van der Waals surface area contributed by atoms with Crippen LogP contribution < -0.4 is 5.32 Å². The normalized spacial score (nSPS) is 10.6. The van der Waals surface area contributed by atoms with E-state index in [2.05, 4.69) is 31.3 Å². The Hall–Kier alpha value is -2.47. The Balaban J connectivity index is 1.92. The predicted molar refractivity (Wildman–Crippen MR) is 92.9 cm³/mol. The van der Waals surface area contributed by atoms with E-state index in [9.17, 15) is 4.79 Å². The number of anilines is 1. The summed E-state index contributed by atoms with van der Waals surface area (Å²) in [6, 6.07) is 11.5. The molecule has 3 rings (SSSR count). The van der Waals surface area contributed by atoms with Crippen LogP contribution in [0.5, 0.6) is 0 Å². The van der Waals surface area contributed by atoms with E-state index in [0.717, 1.165) is 27.2 Å². The van der Waals surface area contributed by atoms with Gasteiger partial charge in [-0.1, -0.05) is 18.2 Å². The summed E-state index contributed by atoms with van der Waals surface area (Å²) in [6.07, 6.45) is 3.17. The van der Waals surface area contributed by atoms with Gasteiger partial charge in [0.1, 0.15) is 0 Å². The van der Waals surface area contributed by atoms with Gasteiger partial charge < -0.3 is 5.32 Å². The SMILES string of the molecule is Cc1nn(-c2ccccc2)c(C)c1NC(=O)c1cncc(Br)c1. The molecule has 0 saturated heterocycles. The highest BCUT2D eigenvalue weighted by Crippen LogP contribution is 2.23. The van der Waals surface area contributed by atoms with Crippen LogP contribution in [-0.4, -0.2) is 20.7 Å². The number of hydrogen-bond acceptors (Lipinski definition) is 3. The van der Waals surface area contributed by atoms with Gasteiger partial charge in [-0.15, -0.1) is 0 Å². The van der Waals surface area contributed by atoms with Crippen LogP contribution in [0.15, 0.2) is 53.3 Å². The lowest BCUT2D eigenvalue weighted by molar-refractivity contribution is 0.102. The standard InChI is InChI=1S/C17H15BrN4O/c1-11-16(20-17(23)13-8-14(18)10-19-9-13)12(2)22(21-11)15-6-4-3-5-7-15/h3-10H,1-2H3,(H,20,23). The number of carbonyl (C=O) groups is 1. The average Bonchev–Trinajstić information content (AvgIpc) is 2.84. The van der Waals surface area contributed by atoms with Gasteiger partial charge in [0.2, 0.25) is 0 Å². The molecule has 1 amide bonds. The molecule has 0 radical (unpaired) electrons. The van der Waals surface area contributed by atoms with Crippen molar-refractivity contribution in [2.24, 2.45) is 0 Å². The van der Waals surface area contributed by atoms with Crippen molar-refractivity contribution in [2.75, 3.05) is 5.32 Å². The first-order valence-corrected chi connectivity index (χ1v) is 7.89. The fourth-order valence-electron chi connectivity index (χ4n) is 2.37. The van der Waals surface area contributed by atoms with Crippen molar-refractivity contribution in [1.82, 2.24) is 14.8 Å². The summed E-state index contributed by atoms with van der Waals surface area (Å²) in [5.41, 5.74) is 3.81. The lowest BCUT2D eigenvalue weighted by Gasteiger charge is -2.07. The number of pyridine rings is 1. The van der Waals surface area contributed by atoms with E-state index < -0.39 is 0 Å². The Morgan fingerprint density at radius 1 is 1.17 bits per heavy atom. The maximum atomic E-state index is 12.4. The highest BCUT2D eigenvalue weighted by molar-refractivity contribution is 9.10. The molecule has 0 aliphatic rings. The first kappa shape index (κ1) is 15.4. The largest absolute Gasteiger partial charge is 0.319 e. The van der Waals surface area contributed by atoms with E-state index in [4.69, 9.17) is 0 Å². The fraction of sp³-hybridized carbons (Fsp3) is 0.118. The number of nitrogens with one attached hydrogen (secondary N) is 1. The Bertz CT molecular complexity index is 858. The molecule has 6 heteroatoms. The van der Waals surface area contributed by atoms with Crippen molar-refractivity contribution < 1.29 is 4.79 Å². The molecule has 0 saturated carbocycles. The van der Waals surface area contributed by atoms with Gasteiger partial charge in [-0.25, -0.2) is 4.68 Å². The van der Waals surface area contributed by atoms with Crippen LogP contribution in [-0.2, 0) is 0 Å². The van der Waals surface area contributed by atoms with Gasteiger partial charge in [0, 0.05) is 16.9 Å². The lowest BCUT2D eigenvalue weighted by Crippen LogP contribution is -2.13. The average molecular weight is 371 g/mol. The summed E-state index contributed by atoms with van der Waals surface area (Å²) in [4.78, 5) is 16.4. The fourth-order valence-corrected chi connectivity index (χ4v) is 2.73. The third-order valence-electron chi connectivity index (χ3n) is 3.50. The molecule has 0 unspecified atom stereocenters. The zero-order valence-corrected chi connectivity index (χ0v) is 14.3. The second-order valence-electron chi connectivity index (χ2n) is 5.14. The van der Waals surface area contributed by atoms with Crippen molar-refractivity contribution >= 4 is 27.5 Å². The van der Waals surface area contributed by atoms with Gasteiger partial charge in [-0.3, -0.25) is 9.78 Å². The maximum absolute atomic E-state index is 12.4. The van der Waals surface area contributed by atoms with Crippen LogP contribution in [0.2, 0.25) is 0 Å². The second-order valence-corrected chi connectivity index (χ2v) is 6.05. The van der Waals surface area contributed by atoms with Crippen molar-refractivity contribution in [1.29, 1.82) is 0 Å². The van der Waals surface area contributed by atoms with Gasteiger partial charge in [-0.05, 0) is 48.0 Å². The van der Waals surface area contributed by atoms with Gasteiger partial charge in [0.15, 0.2) is 0 Å². The monoisotopic (exact) mass is 370 g/mol. The van der Waals surface area contributed by atoms with Gasteiger partial charge >= 0.3 is 0 Å². The number of benzene rings is 1. The van der Waals surface area contributed by atoms with Crippen LogP contribution in [0.4, 0.5) is 5.69 Å². The molecular weight excluding hydrogens is 356 g/mol. The quantitative estimate of drug-likeness (QED) is 0.760. The number of para-hydroxylation sites is 1. The number of hydrogen-bond donors (Lipinski definition) is 1. The molecule has 0 aliphatic carbocycles.